The highest BCUT2D eigenvalue weighted by molar-refractivity contribution is 5.78. The third-order valence-electron chi connectivity index (χ3n) is 7.23. The van der Waals surface area contributed by atoms with E-state index in [9.17, 15) is 0 Å². The lowest BCUT2D eigenvalue weighted by Gasteiger charge is -2.26. The Morgan fingerprint density at radius 2 is 0.765 bits per heavy atom. The van der Waals surface area contributed by atoms with E-state index in [2.05, 4.69) is 137 Å². The third kappa shape index (κ3) is 3.99. The van der Waals surface area contributed by atoms with Crippen LogP contribution in [0, 0.1) is 0 Å². The molecule has 4 aromatic carbocycles. The van der Waals surface area contributed by atoms with Gasteiger partial charge >= 0.3 is 5.96 Å². The van der Waals surface area contributed by atoms with Gasteiger partial charge in [0.2, 0.25) is 0 Å². The van der Waals surface area contributed by atoms with Crippen molar-refractivity contribution in [1.82, 2.24) is 10.6 Å². The molecule has 0 aliphatic carbocycles. The molecule has 3 heteroatoms. The SMILES string of the molecule is c1ccc(C(c2ccccc2)C2C[N+]3=C(N2)NC(C(c2ccccc2)c2ccccc2)C3)cc1. The molecule has 4 aromatic rings. The van der Waals surface area contributed by atoms with Gasteiger partial charge in [0.1, 0.15) is 25.2 Å². The van der Waals surface area contributed by atoms with Gasteiger partial charge in [-0.15, -0.1) is 0 Å². The minimum Gasteiger partial charge on any atom is -0.271 e. The molecule has 2 unspecified atom stereocenters. The zero-order valence-electron chi connectivity index (χ0n) is 19.2. The summed E-state index contributed by atoms with van der Waals surface area (Å²) in [5.74, 6) is 1.78. The van der Waals surface area contributed by atoms with Crippen molar-refractivity contribution >= 4 is 5.96 Å². The number of hydrogen-bond acceptors (Lipinski definition) is 2. The Hall–Kier alpha value is -3.85. The fourth-order valence-electron chi connectivity index (χ4n) is 5.73. The molecule has 2 aliphatic rings. The number of hydrogen-bond donors (Lipinski definition) is 2. The quantitative estimate of drug-likeness (QED) is 0.411. The first-order chi connectivity index (χ1) is 16.9. The van der Waals surface area contributed by atoms with Gasteiger partial charge in [-0.2, -0.15) is 0 Å². The van der Waals surface area contributed by atoms with Crippen molar-refractivity contribution in [3.63, 3.8) is 0 Å². The van der Waals surface area contributed by atoms with Gasteiger partial charge in [0.05, 0.1) is 0 Å². The van der Waals surface area contributed by atoms with Crippen molar-refractivity contribution in [2.24, 2.45) is 0 Å². The molecule has 3 nitrogen and oxygen atoms in total. The number of benzene rings is 4. The van der Waals surface area contributed by atoms with E-state index in [-0.39, 0.29) is 0 Å². The summed E-state index contributed by atoms with van der Waals surface area (Å²) in [7, 11) is 0. The highest BCUT2D eigenvalue weighted by atomic mass is 15.4. The molecule has 6 rings (SSSR count). The number of rotatable bonds is 6. The summed E-state index contributed by atoms with van der Waals surface area (Å²) in [5.41, 5.74) is 5.43. The van der Waals surface area contributed by atoms with Gasteiger partial charge in [-0.05, 0) is 22.3 Å². The van der Waals surface area contributed by atoms with Gasteiger partial charge in [-0.25, -0.2) is 0 Å². The Balaban J connectivity index is 1.25. The Morgan fingerprint density at radius 3 is 1.03 bits per heavy atom. The van der Waals surface area contributed by atoms with Gasteiger partial charge in [0.15, 0.2) is 0 Å². The molecular formula is C31H30N3+. The fourth-order valence-corrected chi connectivity index (χ4v) is 5.73. The topological polar surface area (TPSA) is 27.1 Å². The molecule has 34 heavy (non-hydrogen) atoms. The summed E-state index contributed by atoms with van der Waals surface area (Å²) in [6, 6.07) is 44.2. The summed E-state index contributed by atoms with van der Waals surface area (Å²) >= 11 is 0. The molecule has 0 fully saturated rings. The predicted molar refractivity (Wildman–Crippen MR) is 138 cm³/mol. The van der Waals surface area contributed by atoms with E-state index in [4.69, 9.17) is 0 Å². The Labute approximate surface area is 201 Å². The van der Waals surface area contributed by atoms with Crippen LogP contribution in [0.5, 0.6) is 0 Å². The molecule has 0 spiro atoms. The number of nitrogens with one attached hydrogen (secondary N) is 2. The molecule has 0 saturated carbocycles. The minimum absolute atomic E-state index is 0.305. The summed E-state index contributed by atoms with van der Waals surface area (Å²) in [4.78, 5) is 0. The van der Waals surface area contributed by atoms with E-state index >= 15 is 0 Å². The van der Waals surface area contributed by atoms with Crippen molar-refractivity contribution in [1.29, 1.82) is 0 Å². The first-order valence-corrected chi connectivity index (χ1v) is 12.2. The van der Waals surface area contributed by atoms with Gasteiger partial charge in [-0.1, -0.05) is 121 Å². The van der Waals surface area contributed by atoms with Crippen LogP contribution in [-0.2, 0) is 0 Å². The van der Waals surface area contributed by atoms with E-state index < -0.39 is 0 Å². The molecule has 0 bridgehead atoms. The lowest BCUT2D eigenvalue weighted by atomic mass is 9.84. The molecule has 2 aliphatic heterocycles. The van der Waals surface area contributed by atoms with E-state index in [1.165, 1.54) is 28.2 Å². The molecule has 2 atom stereocenters. The van der Waals surface area contributed by atoms with Crippen molar-refractivity contribution in [3.8, 4) is 0 Å². The van der Waals surface area contributed by atoms with Crippen LogP contribution in [0.25, 0.3) is 0 Å². The minimum atomic E-state index is 0.305. The maximum atomic E-state index is 3.87. The summed E-state index contributed by atoms with van der Waals surface area (Å²) in [5, 5.41) is 7.74. The van der Waals surface area contributed by atoms with Crippen LogP contribution >= 0.6 is 0 Å². The van der Waals surface area contributed by atoms with E-state index in [1.54, 1.807) is 0 Å². The highest BCUT2D eigenvalue weighted by Crippen LogP contribution is 2.33. The van der Waals surface area contributed by atoms with Gasteiger partial charge in [0.25, 0.3) is 0 Å². The van der Waals surface area contributed by atoms with Crippen LogP contribution in [0.4, 0.5) is 0 Å². The second kappa shape index (κ2) is 9.18. The van der Waals surface area contributed by atoms with Crippen molar-refractivity contribution in [2.75, 3.05) is 13.1 Å². The van der Waals surface area contributed by atoms with Crippen LogP contribution in [0.15, 0.2) is 121 Å². The van der Waals surface area contributed by atoms with Crippen molar-refractivity contribution in [2.45, 2.75) is 23.9 Å². The maximum Gasteiger partial charge on any atom is 0.346 e. The molecule has 0 amide bonds. The Morgan fingerprint density at radius 1 is 0.471 bits per heavy atom. The largest absolute Gasteiger partial charge is 0.346 e. The number of nitrogens with zero attached hydrogens (tertiary/aromatic N) is 1. The van der Waals surface area contributed by atoms with Crippen LogP contribution < -0.4 is 10.6 Å². The average molecular weight is 445 g/mol. The van der Waals surface area contributed by atoms with Crippen LogP contribution in [0.1, 0.15) is 34.1 Å². The lowest BCUT2D eigenvalue weighted by Crippen LogP contribution is -2.47. The molecule has 0 radical (unpaired) electrons. The molecule has 0 aromatic heterocycles. The van der Waals surface area contributed by atoms with Gasteiger partial charge in [-0.3, -0.25) is 15.2 Å². The summed E-state index contributed by atoms with van der Waals surface area (Å²) in [6.45, 7) is 1.98. The first-order valence-electron chi connectivity index (χ1n) is 12.2. The normalized spacial score (nSPS) is 19.2. The summed E-state index contributed by atoms with van der Waals surface area (Å²) < 4.78 is 2.51. The molecule has 2 heterocycles. The zero-order valence-corrected chi connectivity index (χ0v) is 19.2. The molecule has 168 valence electrons. The predicted octanol–water partition coefficient (Wildman–Crippen LogP) is 4.96. The molecule has 2 N–H and O–H groups in total. The van der Waals surface area contributed by atoms with Crippen LogP contribution in [-0.4, -0.2) is 35.7 Å². The van der Waals surface area contributed by atoms with Gasteiger partial charge in [0, 0.05) is 11.8 Å². The lowest BCUT2D eigenvalue weighted by molar-refractivity contribution is -0.515. The molecular weight excluding hydrogens is 414 g/mol. The second-order valence-electron chi connectivity index (χ2n) is 9.35. The Kier molecular flexibility index (Phi) is 5.60. The zero-order chi connectivity index (χ0) is 22.7. The fraction of sp³-hybridized carbons (Fsp3) is 0.194. The standard InChI is InChI=1S/C31H29N3/c1-5-13-23(14-6-1)29(24-15-7-2-8-16-24)27-21-34-22-28(33-31(34)32-27)30(25-17-9-3-10-18-25)26-19-11-4-12-20-26/h1-20,27-30H,21-22H2,(H,32,33)/p+1. The van der Waals surface area contributed by atoms with E-state index in [1.807, 2.05) is 0 Å². The number of guanidine groups is 1. The highest BCUT2D eigenvalue weighted by Gasteiger charge is 2.44. The second-order valence-corrected chi connectivity index (χ2v) is 9.35. The maximum absolute atomic E-state index is 3.87. The van der Waals surface area contributed by atoms with E-state index in [0.717, 1.165) is 13.1 Å². The average Bonchev–Trinajstić information content (AvgIpc) is 3.46. The summed E-state index contributed by atoms with van der Waals surface area (Å²) in [6.07, 6.45) is 0. The Bertz CT molecular complexity index is 1060. The first kappa shape index (κ1) is 20.7. The van der Waals surface area contributed by atoms with Crippen molar-refractivity contribution < 1.29 is 4.58 Å². The monoisotopic (exact) mass is 444 g/mol. The van der Waals surface area contributed by atoms with Crippen molar-refractivity contribution in [3.05, 3.63) is 144 Å². The van der Waals surface area contributed by atoms with Crippen LogP contribution in [0.2, 0.25) is 0 Å². The van der Waals surface area contributed by atoms with E-state index in [0.29, 0.717) is 23.9 Å². The van der Waals surface area contributed by atoms with Crippen LogP contribution in [0.3, 0.4) is 0 Å². The molecule has 0 saturated heterocycles. The van der Waals surface area contributed by atoms with Gasteiger partial charge < -0.3 is 0 Å². The third-order valence-corrected chi connectivity index (χ3v) is 7.23. The smallest absolute Gasteiger partial charge is 0.271 e.